The SMILES string of the molecule is CCCn1cc(C(NCC)c2ccc(OC)c(F)c2)cn1. The smallest absolute Gasteiger partial charge is 0.165 e. The van der Waals surface area contributed by atoms with Gasteiger partial charge in [0.05, 0.1) is 19.3 Å². The van der Waals surface area contributed by atoms with Crippen molar-refractivity contribution in [1.82, 2.24) is 15.1 Å². The molecule has 1 atom stereocenters. The van der Waals surface area contributed by atoms with E-state index in [1.807, 2.05) is 30.1 Å². The number of hydrogen-bond acceptors (Lipinski definition) is 3. The molecule has 0 saturated carbocycles. The van der Waals surface area contributed by atoms with Crippen LogP contribution in [0.15, 0.2) is 30.6 Å². The quantitative estimate of drug-likeness (QED) is 0.852. The Kier molecular flexibility index (Phi) is 5.33. The summed E-state index contributed by atoms with van der Waals surface area (Å²) in [6.45, 7) is 5.82. The Hall–Kier alpha value is -1.88. The first-order chi connectivity index (χ1) is 10.2. The lowest BCUT2D eigenvalue weighted by molar-refractivity contribution is 0.385. The maximum absolute atomic E-state index is 13.9. The molecule has 2 rings (SSSR count). The van der Waals surface area contributed by atoms with Crippen LogP contribution in [-0.4, -0.2) is 23.4 Å². The van der Waals surface area contributed by atoms with E-state index in [2.05, 4.69) is 17.3 Å². The molecule has 1 aromatic carbocycles. The third-order valence-corrected chi connectivity index (χ3v) is 3.36. The van der Waals surface area contributed by atoms with Crippen LogP contribution in [0.4, 0.5) is 4.39 Å². The van der Waals surface area contributed by atoms with Gasteiger partial charge in [-0.05, 0) is 30.7 Å². The van der Waals surface area contributed by atoms with Gasteiger partial charge in [0.1, 0.15) is 0 Å². The van der Waals surface area contributed by atoms with Crippen LogP contribution in [0.3, 0.4) is 0 Å². The molecule has 0 spiro atoms. The van der Waals surface area contributed by atoms with Gasteiger partial charge in [0.2, 0.25) is 0 Å². The molecule has 0 aliphatic heterocycles. The number of aryl methyl sites for hydroxylation is 1. The van der Waals surface area contributed by atoms with Crippen molar-refractivity contribution >= 4 is 0 Å². The lowest BCUT2D eigenvalue weighted by Crippen LogP contribution is -2.21. The second-order valence-corrected chi connectivity index (χ2v) is 4.92. The first-order valence-electron chi connectivity index (χ1n) is 7.28. The molecule has 5 heteroatoms. The molecular formula is C16H22FN3O. The lowest BCUT2D eigenvalue weighted by Gasteiger charge is -2.17. The molecule has 0 fully saturated rings. The summed E-state index contributed by atoms with van der Waals surface area (Å²) in [6.07, 6.45) is 4.88. The van der Waals surface area contributed by atoms with Gasteiger partial charge in [-0.3, -0.25) is 4.68 Å². The molecule has 1 unspecified atom stereocenters. The summed E-state index contributed by atoms with van der Waals surface area (Å²) in [5.74, 6) is -0.0884. The third-order valence-electron chi connectivity index (χ3n) is 3.36. The van der Waals surface area contributed by atoms with Crippen molar-refractivity contribution in [3.05, 3.63) is 47.5 Å². The Labute approximate surface area is 124 Å². The number of hydrogen-bond donors (Lipinski definition) is 1. The highest BCUT2D eigenvalue weighted by Crippen LogP contribution is 2.26. The number of benzene rings is 1. The van der Waals surface area contributed by atoms with E-state index in [0.29, 0.717) is 0 Å². The van der Waals surface area contributed by atoms with E-state index in [1.54, 1.807) is 6.07 Å². The van der Waals surface area contributed by atoms with E-state index < -0.39 is 0 Å². The fourth-order valence-electron chi connectivity index (χ4n) is 2.37. The van der Waals surface area contributed by atoms with Gasteiger partial charge in [0, 0.05) is 18.3 Å². The second-order valence-electron chi connectivity index (χ2n) is 4.92. The number of rotatable bonds is 7. The summed E-state index contributed by atoms with van der Waals surface area (Å²) in [5.41, 5.74) is 1.90. The molecule has 0 amide bonds. The van der Waals surface area contributed by atoms with Crippen LogP contribution >= 0.6 is 0 Å². The van der Waals surface area contributed by atoms with Gasteiger partial charge in [-0.2, -0.15) is 5.10 Å². The fraction of sp³-hybridized carbons (Fsp3) is 0.438. The number of halogens is 1. The molecule has 1 heterocycles. The standard InChI is InChI=1S/C16H22FN3O/c1-4-8-20-11-13(10-19-20)16(18-5-2)12-6-7-15(21-3)14(17)9-12/h6-7,9-11,16,18H,4-5,8H2,1-3H3. The summed E-state index contributed by atoms with van der Waals surface area (Å²) in [7, 11) is 1.47. The summed E-state index contributed by atoms with van der Waals surface area (Å²) >= 11 is 0. The molecular weight excluding hydrogens is 269 g/mol. The molecule has 0 aliphatic carbocycles. The number of nitrogens with one attached hydrogen (secondary N) is 1. The molecule has 1 N–H and O–H groups in total. The molecule has 4 nitrogen and oxygen atoms in total. The molecule has 21 heavy (non-hydrogen) atoms. The largest absolute Gasteiger partial charge is 0.494 e. The van der Waals surface area contributed by atoms with E-state index in [0.717, 1.165) is 30.6 Å². The van der Waals surface area contributed by atoms with Crippen molar-refractivity contribution in [2.45, 2.75) is 32.9 Å². The van der Waals surface area contributed by atoms with Crippen LogP contribution in [0, 0.1) is 5.82 Å². The van der Waals surface area contributed by atoms with Crippen molar-refractivity contribution in [3.63, 3.8) is 0 Å². The molecule has 114 valence electrons. The minimum Gasteiger partial charge on any atom is -0.494 e. The van der Waals surface area contributed by atoms with Gasteiger partial charge in [0.15, 0.2) is 11.6 Å². The minimum atomic E-state index is -0.348. The van der Waals surface area contributed by atoms with E-state index in [9.17, 15) is 4.39 Å². The van der Waals surface area contributed by atoms with Crippen molar-refractivity contribution < 1.29 is 9.13 Å². The molecule has 1 aromatic heterocycles. The fourth-order valence-corrected chi connectivity index (χ4v) is 2.37. The highest BCUT2D eigenvalue weighted by atomic mass is 19.1. The summed E-state index contributed by atoms with van der Waals surface area (Å²) < 4.78 is 20.8. The molecule has 0 bridgehead atoms. The van der Waals surface area contributed by atoms with Gasteiger partial charge in [0.25, 0.3) is 0 Å². The van der Waals surface area contributed by atoms with Crippen LogP contribution < -0.4 is 10.1 Å². The first kappa shape index (κ1) is 15.5. The van der Waals surface area contributed by atoms with Crippen LogP contribution in [0.2, 0.25) is 0 Å². The van der Waals surface area contributed by atoms with Crippen molar-refractivity contribution in [2.75, 3.05) is 13.7 Å². The average molecular weight is 291 g/mol. The van der Waals surface area contributed by atoms with Crippen LogP contribution in [0.25, 0.3) is 0 Å². The van der Waals surface area contributed by atoms with Crippen LogP contribution in [-0.2, 0) is 6.54 Å². The van der Waals surface area contributed by atoms with Crippen molar-refractivity contribution in [2.24, 2.45) is 0 Å². The maximum atomic E-state index is 13.9. The Balaban J connectivity index is 2.30. The topological polar surface area (TPSA) is 39.1 Å². The number of methoxy groups -OCH3 is 1. The normalized spacial score (nSPS) is 12.4. The minimum absolute atomic E-state index is 0.0685. The Bertz CT molecular complexity index is 583. The van der Waals surface area contributed by atoms with E-state index in [-0.39, 0.29) is 17.6 Å². The summed E-state index contributed by atoms with van der Waals surface area (Å²) in [4.78, 5) is 0. The maximum Gasteiger partial charge on any atom is 0.165 e. The molecule has 2 aromatic rings. The Morgan fingerprint density at radius 2 is 2.14 bits per heavy atom. The van der Waals surface area contributed by atoms with Gasteiger partial charge >= 0.3 is 0 Å². The Morgan fingerprint density at radius 3 is 2.76 bits per heavy atom. The van der Waals surface area contributed by atoms with Crippen LogP contribution in [0.5, 0.6) is 5.75 Å². The molecule has 0 radical (unpaired) electrons. The average Bonchev–Trinajstić information content (AvgIpc) is 2.93. The summed E-state index contributed by atoms with van der Waals surface area (Å²) in [5, 5.41) is 7.72. The third kappa shape index (κ3) is 3.61. The number of aromatic nitrogens is 2. The van der Waals surface area contributed by atoms with Gasteiger partial charge in [-0.15, -0.1) is 0 Å². The molecule has 0 aliphatic rings. The highest BCUT2D eigenvalue weighted by molar-refractivity contribution is 5.35. The van der Waals surface area contributed by atoms with Crippen molar-refractivity contribution in [3.8, 4) is 5.75 Å². The Morgan fingerprint density at radius 1 is 1.33 bits per heavy atom. The van der Waals surface area contributed by atoms with Gasteiger partial charge in [-0.1, -0.05) is 19.9 Å². The number of ether oxygens (including phenoxy) is 1. The van der Waals surface area contributed by atoms with E-state index >= 15 is 0 Å². The van der Waals surface area contributed by atoms with E-state index in [4.69, 9.17) is 4.74 Å². The zero-order valence-electron chi connectivity index (χ0n) is 12.8. The molecule has 0 saturated heterocycles. The monoisotopic (exact) mass is 291 g/mol. The summed E-state index contributed by atoms with van der Waals surface area (Å²) in [6, 6.07) is 4.99. The second kappa shape index (κ2) is 7.22. The highest BCUT2D eigenvalue weighted by Gasteiger charge is 2.17. The van der Waals surface area contributed by atoms with Gasteiger partial charge < -0.3 is 10.1 Å². The van der Waals surface area contributed by atoms with Crippen molar-refractivity contribution in [1.29, 1.82) is 0 Å². The van der Waals surface area contributed by atoms with Gasteiger partial charge in [-0.25, -0.2) is 4.39 Å². The van der Waals surface area contributed by atoms with Crippen LogP contribution in [0.1, 0.15) is 37.4 Å². The zero-order valence-corrected chi connectivity index (χ0v) is 12.8. The predicted molar refractivity (Wildman–Crippen MR) is 81.0 cm³/mol. The predicted octanol–water partition coefficient (Wildman–Crippen LogP) is 3.14. The van der Waals surface area contributed by atoms with E-state index in [1.165, 1.54) is 13.2 Å². The lowest BCUT2D eigenvalue weighted by atomic mass is 10.0. The first-order valence-corrected chi connectivity index (χ1v) is 7.28. The zero-order chi connectivity index (χ0) is 15.2. The number of nitrogens with zero attached hydrogens (tertiary/aromatic N) is 2.